The maximum Gasteiger partial charge on any atom is 0.224 e. The van der Waals surface area contributed by atoms with Crippen LogP contribution in [-0.2, 0) is 0 Å². The zero-order valence-corrected chi connectivity index (χ0v) is 11.1. The molecule has 1 aromatic heterocycles. The van der Waals surface area contributed by atoms with Gasteiger partial charge in [-0.05, 0) is 13.0 Å². The fourth-order valence-corrected chi connectivity index (χ4v) is 1.72. The molecule has 0 saturated heterocycles. The van der Waals surface area contributed by atoms with Gasteiger partial charge in [-0.2, -0.15) is 4.98 Å². The fourth-order valence-electron chi connectivity index (χ4n) is 1.48. The van der Waals surface area contributed by atoms with Gasteiger partial charge in [-0.1, -0.05) is 11.6 Å². The van der Waals surface area contributed by atoms with Crippen molar-refractivity contribution in [2.75, 3.05) is 17.2 Å². The number of rotatable bonds is 4. The molecule has 0 bridgehead atoms. The van der Waals surface area contributed by atoms with Crippen LogP contribution in [0.25, 0.3) is 0 Å². The summed E-state index contributed by atoms with van der Waals surface area (Å²) in [5, 5.41) is 4.96. The highest BCUT2D eigenvalue weighted by molar-refractivity contribution is 6.33. The summed E-state index contributed by atoms with van der Waals surface area (Å²) in [7, 11) is 0. The molecule has 1 heterocycles. The first-order valence-electron chi connectivity index (χ1n) is 5.69. The molecule has 0 fully saturated rings. The van der Waals surface area contributed by atoms with Crippen molar-refractivity contribution < 1.29 is 13.2 Å². The SMILES string of the molecule is CCNc1ncc(F)c(Nc2c(F)cc(F)cc2Cl)n1. The summed E-state index contributed by atoms with van der Waals surface area (Å²) in [6, 6.07) is 1.55. The van der Waals surface area contributed by atoms with Crippen molar-refractivity contribution in [1.29, 1.82) is 0 Å². The van der Waals surface area contributed by atoms with E-state index in [0.29, 0.717) is 12.6 Å². The maximum atomic E-state index is 13.6. The van der Waals surface area contributed by atoms with Crippen LogP contribution in [0.5, 0.6) is 0 Å². The van der Waals surface area contributed by atoms with Crippen molar-refractivity contribution in [3.63, 3.8) is 0 Å². The van der Waals surface area contributed by atoms with Crippen LogP contribution in [0, 0.1) is 17.5 Å². The van der Waals surface area contributed by atoms with E-state index in [1.807, 2.05) is 6.92 Å². The second-order valence-electron chi connectivity index (χ2n) is 3.79. The Morgan fingerprint density at radius 3 is 2.60 bits per heavy atom. The Hall–Kier alpha value is -2.02. The third-order valence-electron chi connectivity index (χ3n) is 2.33. The highest BCUT2D eigenvalue weighted by Gasteiger charge is 2.14. The average molecular weight is 303 g/mol. The van der Waals surface area contributed by atoms with Crippen LogP contribution < -0.4 is 10.6 Å². The molecule has 8 heteroatoms. The van der Waals surface area contributed by atoms with Crippen LogP contribution in [0.3, 0.4) is 0 Å². The van der Waals surface area contributed by atoms with E-state index in [1.54, 1.807) is 0 Å². The number of nitrogens with zero attached hydrogens (tertiary/aromatic N) is 2. The fraction of sp³-hybridized carbons (Fsp3) is 0.167. The number of hydrogen-bond donors (Lipinski definition) is 2. The molecule has 2 aromatic rings. The highest BCUT2D eigenvalue weighted by atomic mass is 35.5. The largest absolute Gasteiger partial charge is 0.354 e. The molecular weight excluding hydrogens is 293 g/mol. The Morgan fingerprint density at radius 1 is 1.20 bits per heavy atom. The quantitative estimate of drug-likeness (QED) is 0.903. The van der Waals surface area contributed by atoms with Crippen LogP contribution in [0.1, 0.15) is 6.92 Å². The summed E-state index contributed by atoms with van der Waals surface area (Å²) in [5.74, 6) is -2.64. The molecule has 0 radical (unpaired) electrons. The van der Waals surface area contributed by atoms with Gasteiger partial charge in [-0.15, -0.1) is 0 Å². The van der Waals surface area contributed by atoms with E-state index in [9.17, 15) is 13.2 Å². The third-order valence-corrected chi connectivity index (χ3v) is 2.63. The minimum absolute atomic E-state index is 0.176. The van der Waals surface area contributed by atoms with Gasteiger partial charge in [0.2, 0.25) is 5.95 Å². The number of aromatic nitrogens is 2. The number of nitrogens with one attached hydrogen (secondary N) is 2. The predicted octanol–water partition coefficient (Wildman–Crippen LogP) is 3.72. The Balaban J connectivity index is 2.37. The van der Waals surface area contributed by atoms with E-state index < -0.39 is 17.5 Å². The Bertz CT molecular complexity index is 613. The molecule has 2 rings (SSSR count). The van der Waals surface area contributed by atoms with Crippen molar-refractivity contribution >= 4 is 29.1 Å². The van der Waals surface area contributed by atoms with E-state index >= 15 is 0 Å². The molecule has 0 aliphatic rings. The van der Waals surface area contributed by atoms with Gasteiger partial charge in [0.15, 0.2) is 17.5 Å². The van der Waals surface area contributed by atoms with Gasteiger partial charge < -0.3 is 10.6 Å². The van der Waals surface area contributed by atoms with Crippen LogP contribution in [-0.4, -0.2) is 16.5 Å². The summed E-state index contributed by atoms with van der Waals surface area (Å²) in [4.78, 5) is 7.54. The van der Waals surface area contributed by atoms with Crippen LogP contribution in [0.15, 0.2) is 18.3 Å². The highest BCUT2D eigenvalue weighted by Crippen LogP contribution is 2.29. The lowest BCUT2D eigenvalue weighted by molar-refractivity contribution is 0.585. The van der Waals surface area contributed by atoms with Crippen molar-refractivity contribution in [2.45, 2.75) is 6.92 Å². The van der Waals surface area contributed by atoms with Crippen LogP contribution in [0.2, 0.25) is 5.02 Å². The molecule has 0 aliphatic carbocycles. The Morgan fingerprint density at radius 2 is 1.95 bits per heavy atom. The lowest BCUT2D eigenvalue weighted by atomic mass is 10.3. The maximum absolute atomic E-state index is 13.6. The lowest BCUT2D eigenvalue weighted by Crippen LogP contribution is -2.06. The standard InChI is InChI=1S/C12H10ClF3N4/c1-2-17-12-18-5-9(16)11(20-12)19-10-7(13)3-6(14)4-8(10)15/h3-5H,2H2,1H3,(H2,17,18,19,20). The summed E-state index contributed by atoms with van der Waals surface area (Å²) in [6.45, 7) is 2.35. The smallest absolute Gasteiger partial charge is 0.224 e. The molecule has 0 spiro atoms. The van der Waals surface area contributed by atoms with Crippen LogP contribution in [0.4, 0.5) is 30.6 Å². The second-order valence-corrected chi connectivity index (χ2v) is 4.20. The minimum Gasteiger partial charge on any atom is -0.354 e. The van der Waals surface area contributed by atoms with Gasteiger partial charge in [0.1, 0.15) is 5.82 Å². The molecular formula is C12H10ClF3N4. The zero-order valence-electron chi connectivity index (χ0n) is 10.3. The summed E-state index contributed by atoms with van der Waals surface area (Å²) in [5.41, 5.74) is -0.256. The number of benzene rings is 1. The van der Waals surface area contributed by atoms with E-state index in [1.165, 1.54) is 0 Å². The number of anilines is 3. The van der Waals surface area contributed by atoms with Crippen molar-refractivity contribution in [3.05, 3.63) is 40.8 Å². The van der Waals surface area contributed by atoms with E-state index in [2.05, 4.69) is 20.6 Å². The molecule has 0 saturated carbocycles. The van der Waals surface area contributed by atoms with Crippen molar-refractivity contribution in [3.8, 4) is 0 Å². The van der Waals surface area contributed by atoms with Gasteiger partial charge >= 0.3 is 0 Å². The monoisotopic (exact) mass is 302 g/mol. The molecule has 2 N–H and O–H groups in total. The van der Waals surface area contributed by atoms with Crippen molar-refractivity contribution in [2.24, 2.45) is 0 Å². The Kier molecular flexibility index (Phi) is 4.29. The van der Waals surface area contributed by atoms with E-state index in [0.717, 1.165) is 12.3 Å². The minimum atomic E-state index is -0.946. The number of hydrogen-bond acceptors (Lipinski definition) is 4. The predicted molar refractivity (Wildman–Crippen MR) is 70.8 cm³/mol. The molecule has 0 aliphatic heterocycles. The molecule has 4 nitrogen and oxygen atoms in total. The van der Waals surface area contributed by atoms with Gasteiger partial charge in [-0.25, -0.2) is 18.2 Å². The van der Waals surface area contributed by atoms with Crippen LogP contribution >= 0.6 is 11.6 Å². The number of halogens is 4. The summed E-state index contributed by atoms with van der Waals surface area (Å²) < 4.78 is 40.1. The third kappa shape index (κ3) is 3.11. The molecule has 0 atom stereocenters. The Labute approximate surface area is 118 Å². The molecule has 0 amide bonds. The molecule has 1 aromatic carbocycles. The molecule has 0 unspecified atom stereocenters. The first-order chi connectivity index (χ1) is 9.51. The zero-order chi connectivity index (χ0) is 14.7. The topological polar surface area (TPSA) is 49.8 Å². The summed E-state index contributed by atoms with van der Waals surface area (Å²) >= 11 is 5.71. The summed E-state index contributed by atoms with van der Waals surface area (Å²) in [6.07, 6.45) is 0.933. The van der Waals surface area contributed by atoms with Gasteiger partial charge in [0.25, 0.3) is 0 Å². The average Bonchev–Trinajstić information content (AvgIpc) is 2.37. The van der Waals surface area contributed by atoms with Crippen molar-refractivity contribution in [1.82, 2.24) is 9.97 Å². The van der Waals surface area contributed by atoms with E-state index in [4.69, 9.17) is 11.6 Å². The first kappa shape index (κ1) is 14.4. The molecule has 20 heavy (non-hydrogen) atoms. The van der Waals surface area contributed by atoms with E-state index in [-0.39, 0.29) is 22.5 Å². The first-order valence-corrected chi connectivity index (χ1v) is 6.07. The van der Waals surface area contributed by atoms with Gasteiger partial charge in [-0.3, -0.25) is 0 Å². The van der Waals surface area contributed by atoms with Gasteiger partial charge in [0, 0.05) is 12.6 Å². The molecule has 106 valence electrons. The lowest BCUT2D eigenvalue weighted by Gasteiger charge is -2.11. The van der Waals surface area contributed by atoms with Gasteiger partial charge in [0.05, 0.1) is 16.9 Å². The second kappa shape index (κ2) is 5.96. The normalized spacial score (nSPS) is 10.4.